The van der Waals surface area contributed by atoms with Gasteiger partial charge < -0.3 is 15.4 Å². The van der Waals surface area contributed by atoms with Crippen LogP contribution < -0.4 is 5.73 Å². The third kappa shape index (κ3) is 3.23. The first-order chi connectivity index (χ1) is 8.65. The van der Waals surface area contributed by atoms with Crippen LogP contribution in [0.4, 0.5) is 0 Å². The molecule has 1 spiro atoms. The number of carbonyl (C=O) groups excluding carboxylic acids is 1. The highest BCUT2D eigenvalue weighted by atomic mass is 16.5. The average Bonchev–Trinajstić information content (AvgIpc) is 2.41. The molecule has 2 rings (SSSR count). The maximum atomic E-state index is 11.3. The van der Waals surface area contributed by atoms with Crippen molar-refractivity contribution in [3.8, 4) is 0 Å². The maximum absolute atomic E-state index is 11.3. The van der Waals surface area contributed by atoms with Crippen molar-refractivity contribution >= 4 is 5.97 Å². The molecule has 4 nitrogen and oxygen atoms in total. The fourth-order valence-electron chi connectivity index (χ4n) is 3.52. The Bertz CT molecular complexity index is 278. The van der Waals surface area contributed by atoms with Crippen LogP contribution in [0.15, 0.2) is 0 Å². The molecule has 1 unspecified atom stereocenters. The minimum atomic E-state index is -0.490. The zero-order valence-corrected chi connectivity index (χ0v) is 11.5. The van der Waals surface area contributed by atoms with Gasteiger partial charge in [0.2, 0.25) is 0 Å². The molecule has 0 aromatic carbocycles. The Labute approximate surface area is 110 Å². The fourth-order valence-corrected chi connectivity index (χ4v) is 3.52. The predicted octanol–water partition coefficient (Wildman–Crippen LogP) is 1.53. The van der Waals surface area contributed by atoms with Crippen molar-refractivity contribution in [3.63, 3.8) is 0 Å². The molecule has 2 fully saturated rings. The lowest BCUT2D eigenvalue weighted by atomic mass is 9.68. The molecule has 1 atom stereocenters. The molecule has 18 heavy (non-hydrogen) atoms. The molecule has 2 aliphatic rings. The van der Waals surface area contributed by atoms with Crippen LogP contribution in [-0.2, 0) is 9.53 Å². The van der Waals surface area contributed by atoms with Crippen LogP contribution in [0.2, 0.25) is 0 Å². The Balaban J connectivity index is 1.77. The fraction of sp³-hybridized carbons (Fsp3) is 0.929. The van der Waals surface area contributed by atoms with E-state index in [9.17, 15) is 4.79 Å². The van der Waals surface area contributed by atoms with E-state index in [0.717, 1.165) is 13.1 Å². The molecule has 104 valence electrons. The summed E-state index contributed by atoms with van der Waals surface area (Å²) in [6, 6.07) is -0.490. The zero-order valence-electron chi connectivity index (χ0n) is 11.5. The number of nitrogens with two attached hydrogens (primary N) is 1. The van der Waals surface area contributed by atoms with E-state index in [-0.39, 0.29) is 5.97 Å². The summed E-state index contributed by atoms with van der Waals surface area (Å²) in [6.07, 6.45) is 9.59. The Morgan fingerprint density at radius 1 is 1.22 bits per heavy atom. The Kier molecular flexibility index (Phi) is 4.62. The average molecular weight is 254 g/mol. The molecule has 0 aromatic heterocycles. The van der Waals surface area contributed by atoms with Gasteiger partial charge in [-0.05, 0) is 44.2 Å². The quantitative estimate of drug-likeness (QED) is 0.776. The topological polar surface area (TPSA) is 55.6 Å². The van der Waals surface area contributed by atoms with Gasteiger partial charge in [-0.2, -0.15) is 0 Å². The maximum Gasteiger partial charge on any atom is 0.323 e. The van der Waals surface area contributed by atoms with Crippen LogP contribution in [-0.4, -0.2) is 43.7 Å². The summed E-state index contributed by atoms with van der Waals surface area (Å²) in [5.41, 5.74) is 6.43. The molecule has 0 bridgehead atoms. The number of carbonyl (C=O) groups is 1. The second-order valence-corrected chi connectivity index (χ2v) is 5.99. The van der Waals surface area contributed by atoms with Crippen LogP contribution in [0.1, 0.15) is 44.9 Å². The number of piperidine rings is 1. The van der Waals surface area contributed by atoms with Gasteiger partial charge in [0.1, 0.15) is 6.04 Å². The standard InChI is InChI=1S/C14H26N2O2/c1-18-13(17)12(15)11-16-9-7-14(8-10-16)5-3-2-4-6-14/h12H,2-11,15H2,1H3. The SMILES string of the molecule is COC(=O)C(N)CN1CCC2(CCCCC2)CC1. The van der Waals surface area contributed by atoms with E-state index in [1.54, 1.807) is 0 Å². The molecule has 4 heteroatoms. The number of nitrogens with zero attached hydrogens (tertiary/aromatic N) is 1. The summed E-state index contributed by atoms with van der Waals surface area (Å²) >= 11 is 0. The third-order valence-electron chi connectivity index (χ3n) is 4.79. The lowest BCUT2D eigenvalue weighted by Crippen LogP contribution is -2.48. The Morgan fingerprint density at radius 3 is 2.39 bits per heavy atom. The van der Waals surface area contributed by atoms with E-state index in [1.807, 2.05) is 0 Å². The van der Waals surface area contributed by atoms with Crippen molar-refractivity contribution in [2.45, 2.75) is 51.0 Å². The van der Waals surface area contributed by atoms with Gasteiger partial charge >= 0.3 is 5.97 Å². The van der Waals surface area contributed by atoms with Crippen LogP contribution in [0.5, 0.6) is 0 Å². The van der Waals surface area contributed by atoms with E-state index in [2.05, 4.69) is 9.64 Å². The van der Waals surface area contributed by atoms with Crippen molar-refractivity contribution in [2.24, 2.45) is 11.1 Å². The molecule has 1 aliphatic carbocycles. The van der Waals surface area contributed by atoms with Crippen molar-refractivity contribution in [1.82, 2.24) is 4.90 Å². The highest BCUT2D eigenvalue weighted by Crippen LogP contribution is 2.44. The van der Waals surface area contributed by atoms with E-state index >= 15 is 0 Å². The van der Waals surface area contributed by atoms with Gasteiger partial charge in [0, 0.05) is 6.54 Å². The normalized spacial score (nSPS) is 25.9. The molecule has 1 saturated carbocycles. The number of methoxy groups -OCH3 is 1. The summed E-state index contributed by atoms with van der Waals surface area (Å²) in [5.74, 6) is -0.298. The van der Waals surface area contributed by atoms with Gasteiger partial charge in [0.05, 0.1) is 7.11 Å². The Morgan fingerprint density at radius 2 is 1.83 bits per heavy atom. The summed E-state index contributed by atoms with van der Waals surface area (Å²) in [4.78, 5) is 13.6. The first kappa shape index (κ1) is 13.8. The Hall–Kier alpha value is -0.610. The molecule has 0 aromatic rings. The van der Waals surface area contributed by atoms with Crippen LogP contribution in [0, 0.1) is 5.41 Å². The zero-order chi connectivity index (χ0) is 13.0. The number of esters is 1. The minimum Gasteiger partial charge on any atom is -0.468 e. The van der Waals surface area contributed by atoms with Gasteiger partial charge in [0.15, 0.2) is 0 Å². The van der Waals surface area contributed by atoms with Gasteiger partial charge in [0.25, 0.3) is 0 Å². The van der Waals surface area contributed by atoms with E-state index in [0.29, 0.717) is 12.0 Å². The van der Waals surface area contributed by atoms with E-state index in [1.165, 1.54) is 52.1 Å². The molecule has 0 radical (unpaired) electrons. The molecular weight excluding hydrogens is 228 g/mol. The highest BCUT2D eigenvalue weighted by molar-refractivity contribution is 5.75. The first-order valence-corrected chi connectivity index (χ1v) is 7.21. The van der Waals surface area contributed by atoms with Gasteiger partial charge in [-0.15, -0.1) is 0 Å². The second-order valence-electron chi connectivity index (χ2n) is 5.99. The number of rotatable bonds is 3. The van der Waals surface area contributed by atoms with Crippen LogP contribution >= 0.6 is 0 Å². The van der Waals surface area contributed by atoms with Crippen LogP contribution in [0.25, 0.3) is 0 Å². The van der Waals surface area contributed by atoms with Crippen molar-refractivity contribution in [1.29, 1.82) is 0 Å². The van der Waals surface area contributed by atoms with E-state index < -0.39 is 6.04 Å². The summed E-state index contributed by atoms with van der Waals surface area (Å²) in [7, 11) is 1.40. The number of hydrogen-bond donors (Lipinski definition) is 1. The summed E-state index contributed by atoms with van der Waals surface area (Å²) in [6.45, 7) is 2.82. The van der Waals surface area contributed by atoms with Gasteiger partial charge in [-0.3, -0.25) is 4.79 Å². The van der Waals surface area contributed by atoms with Gasteiger partial charge in [-0.25, -0.2) is 0 Å². The predicted molar refractivity (Wildman–Crippen MR) is 71.2 cm³/mol. The third-order valence-corrected chi connectivity index (χ3v) is 4.79. The molecule has 2 N–H and O–H groups in total. The summed E-state index contributed by atoms with van der Waals surface area (Å²) in [5, 5.41) is 0. The first-order valence-electron chi connectivity index (χ1n) is 7.21. The van der Waals surface area contributed by atoms with Gasteiger partial charge in [-0.1, -0.05) is 19.3 Å². The molecular formula is C14H26N2O2. The largest absolute Gasteiger partial charge is 0.468 e. The van der Waals surface area contributed by atoms with Crippen molar-refractivity contribution < 1.29 is 9.53 Å². The van der Waals surface area contributed by atoms with Crippen molar-refractivity contribution in [3.05, 3.63) is 0 Å². The number of ether oxygens (including phenoxy) is 1. The van der Waals surface area contributed by atoms with Crippen LogP contribution in [0.3, 0.4) is 0 Å². The number of hydrogen-bond acceptors (Lipinski definition) is 4. The van der Waals surface area contributed by atoms with Crippen molar-refractivity contribution in [2.75, 3.05) is 26.7 Å². The lowest BCUT2D eigenvalue weighted by molar-refractivity contribution is -0.142. The monoisotopic (exact) mass is 254 g/mol. The number of likely N-dealkylation sites (tertiary alicyclic amines) is 1. The molecule has 1 heterocycles. The highest BCUT2D eigenvalue weighted by Gasteiger charge is 2.35. The molecule has 0 amide bonds. The second kappa shape index (κ2) is 6.02. The minimum absolute atomic E-state index is 0.298. The van der Waals surface area contributed by atoms with E-state index in [4.69, 9.17) is 5.73 Å². The molecule has 1 aliphatic heterocycles. The smallest absolute Gasteiger partial charge is 0.323 e. The molecule has 1 saturated heterocycles. The lowest BCUT2D eigenvalue weighted by Gasteiger charge is -2.44. The summed E-state index contributed by atoms with van der Waals surface area (Å²) < 4.78 is 4.67.